The number of hydrogen-bond donors (Lipinski definition) is 2. The van der Waals surface area contributed by atoms with Crippen LogP contribution in [0.4, 0.5) is 5.69 Å². The van der Waals surface area contributed by atoms with Crippen LogP contribution in [-0.2, 0) is 0 Å². The number of carbonyl (C=O) groups is 2. The minimum absolute atomic E-state index is 0.312. The molecule has 4 heteroatoms. The van der Waals surface area contributed by atoms with E-state index in [1.165, 1.54) is 0 Å². The molecule has 0 aliphatic rings. The highest BCUT2D eigenvalue weighted by atomic mass is 16.1. The maximum atomic E-state index is 11.3. The van der Waals surface area contributed by atoms with Crippen molar-refractivity contribution in [3.63, 3.8) is 0 Å². The van der Waals surface area contributed by atoms with Gasteiger partial charge in [-0.3, -0.25) is 9.59 Å². The number of benzene rings is 2. The quantitative estimate of drug-likeness (QED) is 0.584. The topological polar surface area (TPSA) is 86.2 Å². The fraction of sp³-hybridized carbons (Fsp3) is 0. The number of primary amides is 1. The zero-order valence-corrected chi connectivity index (χ0v) is 8.44. The molecule has 0 aromatic heterocycles. The smallest absolute Gasteiger partial charge is 0.249 e. The van der Waals surface area contributed by atoms with Crippen molar-refractivity contribution in [2.24, 2.45) is 5.73 Å². The normalized spacial score (nSPS) is 10.2. The number of rotatable bonds is 2. The molecule has 0 unspecified atom stereocenters. The van der Waals surface area contributed by atoms with Crippen molar-refractivity contribution in [3.05, 3.63) is 41.5 Å². The number of carbonyl (C=O) groups excluding carboxylic acids is 2. The summed E-state index contributed by atoms with van der Waals surface area (Å²) >= 11 is 0. The number of nitrogen functional groups attached to an aromatic ring is 1. The minimum Gasteiger partial charge on any atom is -0.398 e. The third-order valence-corrected chi connectivity index (χ3v) is 2.50. The molecule has 0 fully saturated rings. The predicted octanol–water partition coefficient (Wildman–Crippen LogP) is 1.33. The molecule has 2 rings (SSSR count). The van der Waals surface area contributed by atoms with Crippen LogP contribution in [-0.4, -0.2) is 12.2 Å². The van der Waals surface area contributed by atoms with Crippen LogP contribution in [0.15, 0.2) is 30.3 Å². The zero-order valence-electron chi connectivity index (χ0n) is 8.44. The first-order valence-corrected chi connectivity index (χ1v) is 4.71. The number of aldehydes is 1. The Morgan fingerprint density at radius 2 is 1.94 bits per heavy atom. The standard InChI is InChI=1S/C12H10N2O2/c13-10-5-4-7-2-1-3-8(12(14)16)11(7)9(10)6-15/h1-6H,13H2,(H2,14,16). The highest BCUT2D eigenvalue weighted by Crippen LogP contribution is 2.26. The minimum atomic E-state index is -0.570. The van der Waals surface area contributed by atoms with Gasteiger partial charge in [-0.15, -0.1) is 0 Å². The van der Waals surface area contributed by atoms with Gasteiger partial charge in [0, 0.05) is 22.2 Å². The van der Waals surface area contributed by atoms with Crippen LogP contribution in [0.5, 0.6) is 0 Å². The Morgan fingerprint density at radius 1 is 1.19 bits per heavy atom. The second-order valence-corrected chi connectivity index (χ2v) is 3.45. The second kappa shape index (κ2) is 3.66. The number of fused-ring (bicyclic) bond motifs is 1. The van der Waals surface area contributed by atoms with E-state index in [2.05, 4.69) is 0 Å². The Bertz CT molecular complexity index is 591. The van der Waals surface area contributed by atoms with E-state index < -0.39 is 5.91 Å². The summed E-state index contributed by atoms with van der Waals surface area (Å²) in [5.74, 6) is -0.570. The molecule has 0 heterocycles. The Hall–Kier alpha value is -2.36. The number of hydrogen-bond acceptors (Lipinski definition) is 3. The molecule has 2 aromatic carbocycles. The Kier molecular flexibility index (Phi) is 2.32. The molecule has 0 aliphatic carbocycles. The molecule has 4 nitrogen and oxygen atoms in total. The molecule has 80 valence electrons. The Labute approximate surface area is 91.8 Å². The summed E-state index contributed by atoms with van der Waals surface area (Å²) in [5, 5.41) is 1.29. The van der Waals surface area contributed by atoms with Crippen LogP contribution >= 0.6 is 0 Å². The average molecular weight is 214 g/mol. The van der Waals surface area contributed by atoms with Gasteiger partial charge < -0.3 is 11.5 Å². The molecule has 0 saturated heterocycles. The van der Waals surface area contributed by atoms with Crippen molar-refractivity contribution < 1.29 is 9.59 Å². The summed E-state index contributed by atoms with van der Waals surface area (Å²) in [5.41, 5.74) is 11.9. The van der Waals surface area contributed by atoms with Gasteiger partial charge in [0.05, 0.1) is 0 Å². The molecule has 0 aliphatic heterocycles. The van der Waals surface area contributed by atoms with Crippen molar-refractivity contribution in [2.45, 2.75) is 0 Å². The maximum absolute atomic E-state index is 11.3. The van der Waals surface area contributed by atoms with Crippen LogP contribution in [0.1, 0.15) is 20.7 Å². The van der Waals surface area contributed by atoms with Crippen LogP contribution in [0, 0.1) is 0 Å². The van der Waals surface area contributed by atoms with Gasteiger partial charge in [-0.1, -0.05) is 18.2 Å². The maximum Gasteiger partial charge on any atom is 0.249 e. The average Bonchev–Trinajstić information content (AvgIpc) is 2.28. The van der Waals surface area contributed by atoms with E-state index in [4.69, 9.17) is 11.5 Å². The number of anilines is 1. The van der Waals surface area contributed by atoms with Gasteiger partial charge in [-0.25, -0.2) is 0 Å². The van der Waals surface area contributed by atoms with Crippen LogP contribution in [0.25, 0.3) is 10.8 Å². The van der Waals surface area contributed by atoms with Crippen LogP contribution in [0.2, 0.25) is 0 Å². The van der Waals surface area contributed by atoms with Gasteiger partial charge in [0.25, 0.3) is 0 Å². The first-order chi connectivity index (χ1) is 7.65. The lowest BCUT2D eigenvalue weighted by Gasteiger charge is -2.07. The summed E-state index contributed by atoms with van der Waals surface area (Å²) in [7, 11) is 0. The lowest BCUT2D eigenvalue weighted by atomic mass is 9.98. The largest absolute Gasteiger partial charge is 0.398 e. The fourth-order valence-electron chi connectivity index (χ4n) is 1.76. The first kappa shape index (κ1) is 10.2. The van der Waals surface area contributed by atoms with E-state index in [0.717, 1.165) is 5.39 Å². The molecule has 16 heavy (non-hydrogen) atoms. The summed E-state index contributed by atoms with van der Waals surface area (Å²) < 4.78 is 0. The first-order valence-electron chi connectivity index (χ1n) is 4.71. The van der Waals surface area contributed by atoms with E-state index in [0.29, 0.717) is 28.5 Å². The summed E-state index contributed by atoms with van der Waals surface area (Å²) in [6, 6.07) is 8.49. The summed E-state index contributed by atoms with van der Waals surface area (Å²) in [4.78, 5) is 22.2. The molecule has 1 amide bonds. The molecule has 2 aromatic rings. The molecule has 0 radical (unpaired) electrons. The van der Waals surface area contributed by atoms with Crippen molar-refractivity contribution >= 4 is 28.7 Å². The van der Waals surface area contributed by atoms with Crippen molar-refractivity contribution in [2.75, 3.05) is 5.73 Å². The zero-order chi connectivity index (χ0) is 11.7. The lowest BCUT2D eigenvalue weighted by molar-refractivity contribution is 0.100. The van der Waals surface area contributed by atoms with E-state index in [9.17, 15) is 9.59 Å². The van der Waals surface area contributed by atoms with Gasteiger partial charge in [-0.05, 0) is 17.5 Å². The summed E-state index contributed by atoms with van der Waals surface area (Å²) in [6.07, 6.45) is 0.643. The van der Waals surface area contributed by atoms with Gasteiger partial charge in [0.1, 0.15) is 0 Å². The molecule has 0 atom stereocenters. The lowest BCUT2D eigenvalue weighted by Crippen LogP contribution is -2.12. The van der Waals surface area contributed by atoms with Gasteiger partial charge in [0.15, 0.2) is 6.29 Å². The number of amides is 1. The van der Waals surface area contributed by atoms with Gasteiger partial charge in [0.2, 0.25) is 5.91 Å². The molecule has 0 saturated carbocycles. The highest BCUT2D eigenvalue weighted by Gasteiger charge is 2.11. The van der Waals surface area contributed by atoms with Crippen molar-refractivity contribution in [3.8, 4) is 0 Å². The van der Waals surface area contributed by atoms with Gasteiger partial charge >= 0.3 is 0 Å². The third kappa shape index (κ3) is 1.40. The van der Waals surface area contributed by atoms with E-state index >= 15 is 0 Å². The Balaban J connectivity index is 2.98. The molecular weight excluding hydrogens is 204 g/mol. The number of nitrogens with two attached hydrogens (primary N) is 2. The monoisotopic (exact) mass is 214 g/mol. The molecule has 4 N–H and O–H groups in total. The molecular formula is C12H10N2O2. The summed E-state index contributed by atoms with van der Waals surface area (Å²) in [6.45, 7) is 0. The molecule has 0 spiro atoms. The second-order valence-electron chi connectivity index (χ2n) is 3.45. The fourth-order valence-corrected chi connectivity index (χ4v) is 1.76. The molecule has 0 bridgehead atoms. The van der Waals surface area contributed by atoms with Gasteiger partial charge in [-0.2, -0.15) is 0 Å². The van der Waals surface area contributed by atoms with E-state index in [-0.39, 0.29) is 0 Å². The van der Waals surface area contributed by atoms with E-state index in [1.807, 2.05) is 0 Å². The highest BCUT2D eigenvalue weighted by molar-refractivity contribution is 6.13. The SMILES string of the molecule is NC(=O)c1cccc2ccc(N)c(C=O)c12. The van der Waals surface area contributed by atoms with Crippen LogP contribution < -0.4 is 11.5 Å². The van der Waals surface area contributed by atoms with E-state index in [1.54, 1.807) is 30.3 Å². The predicted molar refractivity (Wildman–Crippen MR) is 62.3 cm³/mol. The van der Waals surface area contributed by atoms with Crippen molar-refractivity contribution in [1.29, 1.82) is 0 Å². The van der Waals surface area contributed by atoms with Crippen molar-refractivity contribution in [1.82, 2.24) is 0 Å². The van der Waals surface area contributed by atoms with Crippen LogP contribution in [0.3, 0.4) is 0 Å². The third-order valence-electron chi connectivity index (χ3n) is 2.50. The Morgan fingerprint density at radius 3 is 2.56 bits per heavy atom.